The van der Waals surface area contributed by atoms with Gasteiger partial charge >= 0.3 is 0 Å². The van der Waals surface area contributed by atoms with Gasteiger partial charge in [0.2, 0.25) is 23.6 Å². The molecule has 12 nitrogen and oxygen atoms in total. The highest BCUT2D eigenvalue weighted by molar-refractivity contribution is 6.32. The number of benzene rings is 1. The average molecular weight is 668 g/mol. The lowest BCUT2D eigenvalue weighted by atomic mass is 9.95. The fraction of sp³-hybridized carbons (Fsp3) is 0.667. The summed E-state index contributed by atoms with van der Waals surface area (Å²) in [6, 6.07) is 0.453. The van der Waals surface area contributed by atoms with Crippen LogP contribution in [0.15, 0.2) is 18.2 Å². The van der Waals surface area contributed by atoms with Crippen LogP contribution in [0.4, 0.5) is 0 Å². The molecule has 0 heterocycles. The highest BCUT2D eigenvalue weighted by atomic mass is 35.5. The predicted molar refractivity (Wildman–Crippen MR) is 178 cm³/mol. The largest absolute Gasteiger partial charge is 0.506 e. The van der Waals surface area contributed by atoms with E-state index < -0.39 is 53.9 Å². The zero-order valence-corrected chi connectivity index (χ0v) is 29.2. The first-order valence-corrected chi connectivity index (χ1v) is 16.6. The number of rotatable bonds is 19. The second-order valence-corrected chi connectivity index (χ2v) is 13.0. The van der Waals surface area contributed by atoms with E-state index in [2.05, 4.69) is 26.6 Å². The van der Waals surface area contributed by atoms with Crippen molar-refractivity contribution in [2.45, 2.75) is 118 Å². The van der Waals surface area contributed by atoms with Gasteiger partial charge in [0.15, 0.2) is 0 Å². The zero-order valence-electron chi connectivity index (χ0n) is 28.4. The molecule has 0 aliphatic rings. The molecule has 0 fully saturated rings. The minimum absolute atomic E-state index is 0.00535. The Labute approximate surface area is 278 Å². The molecule has 0 radical (unpaired) electrons. The number of carbonyl (C=O) groups is 5. The van der Waals surface area contributed by atoms with Crippen LogP contribution in [0.1, 0.15) is 97.9 Å². The van der Waals surface area contributed by atoms with Crippen LogP contribution in [0.25, 0.3) is 0 Å². The summed E-state index contributed by atoms with van der Waals surface area (Å²) in [5, 5.41) is 34.5. The fourth-order valence-electron chi connectivity index (χ4n) is 4.88. The molecule has 5 amide bonds. The molecule has 0 spiro atoms. The standard InChI is InChI=1S/C33H54ClN5O7/c1-9-12-23(36-33(46)29(20(8)10-2)39-30(43)21-13-14-25(40)22(34)16-21)31(44)37-24(15-18(4)5)26(41)17-27(42)38-28(19(6)7)32(45)35-11-3/h13-14,16,18-20,23-24,26,28-29,40-41H,9-12,15,17H2,1-8H3,(H,35,45)(H,36,46)(H,37,44)(H,38,42)(H,39,43)/t20-,23-,24-,26-,28-,29-/m0/s1. The maximum absolute atomic E-state index is 13.5. The third-order valence-electron chi connectivity index (χ3n) is 7.73. The minimum atomic E-state index is -1.25. The van der Waals surface area contributed by atoms with Crippen LogP contribution >= 0.6 is 11.6 Å². The Bertz CT molecular complexity index is 1180. The van der Waals surface area contributed by atoms with Crippen molar-refractivity contribution in [2.24, 2.45) is 17.8 Å². The maximum atomic E-state index is 13.5. The van der Waals surface area contributed by atoms with Crippen molar-refractivity contribution in [3.05, 3.63) is 28.8 Å². The highest BCUT2D eigenvalue weighted by Gasteiger charge is 2.33. The normalized spacial score (nSPS) is 15.2. The second-order valence-electron chi connectivity index (χ2n) is 12.6. The number of nitrogens with one attached hydrogen (secondary N) is 5. The summed E-state index contributed by atoms with van der Waals surface area (Å²) in [6.45, 7) is 15.2. The van der Waals surface area contributed by atoms with E-state index in [0.29, 0.717) is 32.2 Å². The van der Waals surface area contributed by atoms with Gasteiger partial charge in [-0.2, -0.15) is 0 Å². The van der Waals surface area contributed by atoms with Crippen LogP contribution in [-0.2, 0) is 19.2 Å². The Morgan fingerprint density at radius 1 is 0.848 bits per heavy atom. The van der Waals surface area contributed by atoms with Gasteiger partial charge in [-0.3, -0.25) is 24.0 Å². The number of aliphatic hydroxyl groups is 1. The molecular weight excluding hydrogens is 614 g/mol. The van der Waals surface area contributed by atoms with Crippen molar-refractivity contribution in [1.82, 2.24) is 26.6 Å². The molecule has 0 aliphatic heterocycles. The van der Waals surface area contributed by atoms with Crippen molar-refractivity contribution < 1.29 is 34.2 Å². The van der Waals surface area contributed by atoms with E-state index in [9.17, 15) is 34.2 Å². The molecule has 0 saturated heterocycles. The number of phenols is 1. The smallest absolute Gasteiger partial charge is 0.251 e. The Hall–Kier alpha value is -3.38. The second kappa shape index (κ2) is 20.0. The van der Waals surface area contributed by atoms with Crippen LogP contribution in [0.3, 0.4) is 0 Å². The minimum Gasteiger partial charge on any atom is -0.506 e. The molecule has 46 heavy (non-hydrogen) atoms. The zero-order chi connectivity index (χ0) is 35.1. The first-order valence-electron chi connectivity index (χ1n) is 16.2. The number of amides is 5. The molecule has 0 unspecified atom stereocenters. The van der Waals surface area contributed by atoms with Gasteiger partial charge < -0.3 is 36.8 Å². The Morgan fingerprint density at radius 3 is 2.02 bits per heavy atom. The highest BCUT2D eigenvalue weighted by Crippen LogP contribution is 2.24. The summed E-state index contributed by atoms with van der Waals surface area (Å²) in [7, 11) is 0. The van der Waals surface area contributed by atoms with Gasteiger partial charge in [0.25, 0.3) is 5.91 Å². The maximum Gasteiger partial charge on any atom is 0.251 e. The quantitative estimate of drug-likeness (QED) is 0.118. The van der Waals surface area contributed by atoms with E-state index in [0.717, 1.165) is 0 Å². The number of carbonyl (C=O) groups excluding carboxylic acids is 5. The molecule has 260 valence electrons. The number of likely N-dealkylation sites (N-methyl/N-ethyl adjacent to an activating group) is 1. The summed E-state index contributed by atoms with van der Waals surface area (Å²) in [6.07, 6.45) is 0.171. The third kappa shape index (κ3) is 13.2. The van der Waals surface area contributed by atoms with E-state index >= 15 is 0 Å². The van der Waals surface area contributed by atoms with E-state index in [1.165, 1.54) is 18.2 Å². The molecule has 0 aliphatic carbocycles. The first-order chi connectivity index (χ1) is 21.6. The predicted octanol–water partition coefficient (Wildman–Crippen LogP) is 3.03. The summed E-state index contributed by atoms with van der Waals surface area (Å²) in [5.41, 5.74) is 0.159. The monoisotopic (exact) mass is 667 g/mol. The molecule has 13 heteroatoms. The van der Waals surface area contributed by atoms with Crippen LogP contribution in [0, 0.1) is 17.8 Å². The summed E-state index contributed by atoms with van der Waals surface area (Å²) >= 11 is 5.96. The topological polar surface area (TPSA) is 186 Å². The molecule has 0 aromatic heterocycles. The van der Waals surface area contributed by atoms with Crippen LogP contribution < -0.4 is 26.6 Å². The molecule has 1 aromatic carbocycles. The number of hydrogen-bond acceptors (Lipinski definition) is 7. The van der Waals surface area contributed by atoms with Crippen LogP contribution in [0.2, 0.25) is 5.02 Å². The Balaban J connectivity index is 3.08. The molecule has 1 rings (SSSR count). The van der Waals surface area contributed by atoms with Crippen LogP contribution in [0.5, 0.6) is 5.75 Å². The molecule has 1 aromatic rings. The summed E-state index contributed by atoms with van der Waals surface area (Å²) in [5.74, 6) is -3.07. The van der Waals surface area contributed by atoms with E-state index in [1.54, 1.807) is 27.7 Å². The van der Waals surface area contributed by atoms with Crippen molar-refractivity contribution in [3.63, 3.8) is 0 Å². The number of halogens is 1. The lowest BCUT2D eigenvalue weighted by Crippen LogP contribution is -2.58. The van der Waals surface area contributed by atoms with E-state index in [1.807, 2.05) is 27.7 Å². The van der Waals surface area contributed by atoms with E-state index in [4.69, 9.17) is 11.6 Å². The number of phenolic OH excluding ortho intramolecular Hbond substituents is 1. The summed E-state index contributed by atoms with van der Waals surface area (Å²) in [4.78, 5) is 65.3. The van der Waals surface area contributed by atoms with Gasteiger partial charge in [-0.1, -0.05) is 72.9 Å². The van der Waals surface area contributed by atoms with Crippen molar-refractivity contribution >= 4 is 41.1 Å². The van der Waals surface area contributed by atoms with Gasteiger partial charge in [0.05, 0.1) is 23.6 Å². The van der Waals surface area contributed by atoms with Crippen LogP contribution in [-0.4, -0.2) is 76.6 Å². The lowest BCUT2D eigenvalue weighted by Gasteiger charge is -2.30. The SMILES string of the molecule is CCC[C@H](NC(=O)[C@@H](NC(=O)c1ccc(O)c(Cl)c1)[C@@H](C)CC)C(=O)N[C@@H](CC(C)C)[C@@H](O)CC(=O)N[C@H](C(=O)NCC)C(C)C. The number of aliphatic hydroxyl groups excluding tert-OH is 1. The molecular formula is C33H54ClN5O7. The van der Waals surface area contributed by atoms with Crippen molar-refractivity contribution in [2.75, 3.05) is 6.54 Å². The number of aromatic hydroxyl groups is 1. The average Bonchev–Trinajstić information content (AvgIpc) is 2.98. The third-order valence-corrected chi connectivity index (χ3v) is 8.03. The molecule has 6 atom stereocenters. The lowest BCUT2D eigenvalue weighted by molar-refractivity contribution is -0.133. The fourth-order valence-corrected chi connectivity index (χ4v) is 5.06. The van der Waals surface area contributed by atoms with E-state index in [-0.39, 0.29) is 46.4 Å². The Kier molecular flexibility index (Phi) is 17.7. The van der Waals surface area contributed by atoms with Gasteiger partial charge in [0, 0.05) is 12.1 Å². The molecule has 0 bridgehead atoms. The number of hydrogen-bond donors (Lipinski definition) is 7. The first kappa shape index (κ1) is 40.6. The van der Waals surface area contributed by atoms with Gasteiger partial charge in [-0.15, -0.1) is 0 Å². The summed E-state index contributed by atoms with van der Waals surface area (Å²) < 4.78 is 0. The van der Waals surface area contributed by atoms with Gasteiger partial charge in [0.1, 0.15) is 23.9 Å². The molecule has 0 saturated carbocycles. The van der Waals surface area contributed by atoms with Crippen molar-refractivity contribution in [3.8, 4) is 5.75 Å². The Morgan fingerprint density at radius 2 is 1.50 bits per heavy atom. The molecule has 7 N–H and O–H groups in total. The van der Waals surface area contributed by atoms with Gasteiger partial charge in [-0.25, -0.2) is 0 Å². The van der Waals surface area contributed by atoms with Crippen molar-refractivity contribution in [1.29, 1.82) is 0 Å². The van der Waals surface area contributed by atoms with Gasteiger partial charge in [-0.05, 0) is 55.7 Å².